The van der Waals surface area contributed by atoms with Gasteiger partial charge in [0.25, 0.3) is 5.91 Å². The zero-order valence-electron chi connectivity index (χ0n) is 22.9. The topological polar surface area (TPSA) is 47.6 Å². The van der Waals surface area contributed by atoms with E-state index >= 15 is 0 Å². The summed E-state index contributed by atoms with van der Waals surface area (Å²) >= 11 is 0. The van der Waals surface area contributed by atoms with Crippen molar-refractivity contribution >= 4 is 5.91 Å². The molecule has 0 aliphatic heterocycles. The highest BCUT2D eigenvalue weighted by Crippen LogP contribution is 2.29. The molecule has 0 saturated carbocycles. The number of benzene rings is 3. The van der Waals surface area contributed by atoms with Crippen LogP contribution >= 0.6 is 0 Å². The molecule has 36 heavy (non-hydrogen) atoms. The maximum Gasteiger partial charge on any atom is 0.252 e. The summed E-state index contributed by atoms with van der Waals surface area (Å²) < 4.78 is 11.5. The standard InChI is InChI=1S/C32H41NO3/c1-8-9-26-12-11-25(20-36-31-18-22(4)10-13-30(31)35-7)19-28(26)32(34)33-29(14-21(2)3)27-16-23(5)15-24(6)17-27/h10-13,15-19,21,29H,8-9,14,20H2,1-7H3,(H,33,34). The van der Waals surface area contributed by atoms with Crippen molar-refractivity contribution in [1.29, 1.82) is 0 Å². The van der Waals surface area contributed by atoms with Gasteiger partial charge >= 0.3 is 0 Å². The average Bonchev–Trinajstić information content (AvgIpc) is 2.82. The Morgan fingerprint density at radius 3 is 2.25 bits per heavy atom. The van der Waals surface area contributed by atoms with Gasteiger partial charge in [0.05, 0.1) is 13.2 Å². The lowest BCUT2D eigenvalue weighted by Gasteiger charge is -2.23. The number of carbonyl (C=O) groups is 1. The molecule has 4 heteroatoms. The number of amides is 1. The monoisotopic (exact) mass is 487 g/mol. The van der Waals surface area contributed by atoms with Crippen LogP contribution in [0.3, 0.4) is 0 Å². The van der Waals surface area contributed by atoms with Crippen molar-refractivity contribution in [2.24, 2.45) is 5.92 Å². The Bertz CT molecular complexity index is 1160. The van der Waals surface area contributed by atoms with Gasteiger partial charge in [0.2, 0.25) is 0 Å². The first-order valence-electron chi connectivity index (χ1n) is 13.0. The summed E-state index contributed by atoms with van der Waals surface area (Å²) in [6, 6.07) is 18.5. The summed E-state index contributed by atoms with van der Waals surface area (Å²) in [4.78, 5) is 13.7. The number of ether oxygens (including phenoxy) is 2. The predicted octanol–water partition coefficient (Wildman–Crippen LogP) is 7.67. The van der Waals surface area contributed by atoms with Gasteiger partial charge in [-0.3, -0.25) is 4.79 Å². The second-order valence-corrected chi connectivity index (χ2v) is 10.3. The molecule has 1 N–H and O–H groups in total. The van der Waals surface area contributed by atoms with Crippen molar-refractivity contribution in [2.45, 2.75) is 73.5 Å². The van der Waals surface area contributed by atoms with E-state index in [9.17, 15) is 4.79 Å². The Kier molecular flexibility index (Phi) is 9.58. The van der Waals surface area contributed by atoms with Crippen molar-refractivity contribution in [3.8, 4) is 11.5 Å². The van der Waals surface area contributed by atoms with E-state index in [0.29, 0.717) is 24.0 Å². The minimum atomic E-state index is -0.0398. The fourth-order valence-electron chi connectivity index (χ4n) is 4.67. The van der Waals surface area contributed by atoms with Crippen LogP contribution in [-0.2, 0) is 13.0 Å². The number of carbonyl (C=O) groups excluding carboxylic acids is 1. The number of hydrogen-bond donors (Lipinski definition) is 1. The van der Waals surface area contributed by atoms with Crippen LogP contribution in [0.25, 0.3) is 0 Å². The van der Waals surface area contributed by atoms with E-state index < -0.39 is 0 Å². The van der Waals surface area contributed by atoms with Crippen molar-refractivity contribution in [1.82, 2.24) is 5.32 Å². The van der Waals surface area contributed by atoms with E-state index in [2.05, 4.69) is 70.3 Å². The average molecular weight is 488 g/mol. The molecule has 0 radical (unpaired) electrons. The third kappa shape index (κ3) is 7.36. The molecule has 0 aromatic heterocycles. The van der Waals surface area contributed by atoms with E-state index in [1.807, 2.05) is 31.2 Å². The fraction of sp³-hybridized carbons (Fsp3) is 0.406. The maximum absolute atomic E-state index is 13.7. The molecule has 192 valence electrons. The molecule has 1 atom stereocenters. The molecule has 0 aliphatic carbocycles. The minimum absolute atomic E-state index is 0.0294. The minimum Gasteiger partial charge on any atom is -0.493 e. The second kappa shape index (κ2) is 12.6. The van der Waals surface area contributed by atoms with Crippen molar-refractivity contribution in [3.05, 3.63) is 93.5 Å². The number of rotatable bonds is 11. The molecule has 0 heterocycles. The van der Waals surface area contributed by atoms with Gasteiger partial charge in [0.1, 0.15) is 6.61 Å². The van der Waals surface area contributed by atoms with Gasteiger partial charge < -0.3 is 14.8 Å². The molecular weight excluding hydrogens is 446 g/mol. The van der Waals surface area contributed by atoms with E-state index in [-0.39, 0.29) is 11.9 Å². The molecule has 1 unspecified atom stereocenters. The van der Waals surface area contributed by atoms with Crippen LogP contribution in [0.5, 0.6) is 11.5 Å². The van der Waals surface area contributed by atoms with Gasteiger partial charge in [-0.25, -0.2) is 0 Å². The maximum atomic E-state index is 13.7. The third-order valence-corrected chi connectivity index (χ3v) is 6.31. The van der Waals surface area contributed by atoms with Crippen LogP contribution in [-0.4, -0.2) is 13.0 Å². The van der Waals surface area contributed by atoms with Gasteiger partial charge in [-0.15, -0.1) is 0 Å². The highest BCUT2D eigenvalue weighted by molar-refractivity contribution is 5.96. The van der Waals surface area contributed by atoms with Crippen molar-refractivity contribution < 1.29 is 14.3 Å². The van der Waals surface area contributed by atoms with Gasteiger partial charge in [-0.1, -0.05) is 74.7 Å². The van der Waals surface area contributed by atoms with Crippen LogP contribution < -0.4 is 14.8 Å². The zero-order valence-corrected chi connectivity index (χ0v) is 22.9. The third-order valence-electron chi connectivity index (χ3n) is 6.31. The first-order chi connectivity index (χ1) is 17.2. The van der Waals surface area contributed by atoms with Gasteiger partial charge in [-0.05, 0) is 80.0 Å². The largest absolute Gasteiger partial charge is 0.493 e. The molecule has 4 nitrogen and oxygen atoms in total. The Hall–Kier alpha value is -3.27. The quantitative estimate of drug-likeness (QED) is 0.302. The second-order valence-electron chi connectivity index (χ2n) is 10.3. The van der Waals surface area contributed by atoms with Gasteiger partial charge in [0.15, 0.2) is 11.5 Å². The summed E-state index contributed by atoms with van der Waals surface area (Å²) in [5.74, 6) is 1.83. The Balaban J connectivity index is 1.87. The summed E-state index contributed by atoms with van der Waals surface area (Å²) in [6.07, 6.45) is 2.71. The molecule has 0 fully saturated rings. The van der Waals surface area contributed by atoms with E-state index in [4.69, 9.17) is 9.47 Å². The summed E-state index contributed by atoms with van der Waals surface area (Å²) in [6.45, 7) is 13.1. The van der Waals surface area contributed by atoms with Gasteiger partial charge in [-0.2, -0.15) is 0 Å². The molecule has 0 spiro atoms. The molecule has 1 amide bonds. The molecular formula is C32H41NO3. The number of hydrogen-bond acceptors (Lipinski definition) is 3. The van der Waals surface area contributed by atoms with Crippen molar-refractivity contribution in [3.63, 3.8) is 0 Å². The fourth-order valence-corrected chi connectivity index (χ4v) is 4.67. The smallest absolute Gasteiger partial charge is 0.252 e. The van der Waals surface area contributed by atoms with E-state index in [1.54, 1.807) is 7.11 Å². The number of aryl methyl sites for hydroxylation is 4. The lowest BCUT2D eigenvalue weighted by Crippen LogP contribution is -2.30. The summed E-state index contributed by atoms with van der Waals surface area (Å²) in [7, 11) is 1.64. The SMILES string of the molecule is CCCc1ccc(COc2cc(C)ccc2OC)cc1C(=O)NC(CC(C)C)c1cc(C)cc(C)c1. The van der Waals surface area contributed by atoms with Crippen LogP contribution in [0.4, 0.5) is 0 Å². The van der Waals surface area contributed by atoms with E-state index in [1.165, 1.54) is 11.1 Å². The number of methoxy groups -OCH3 is 1. The first-order valence-corrected chi connectivity index (χ1v) is 13.0. The molecule has 3 rings (SSSR count). The van der Waals surface area contributed by atoms with Gasteiger partial charge in [0, 0.05) is 5.56 Å². The summed E-state index contributed by atoms with van der Waals surface area (Å²) in [5, 5.41) is 3.36. The first kappa shape index (κ1) is 27.3. The highest BCUT2D eigenvalue weighted by Gasteiger charge is 2.20. The Morgan fingerprint density at radius 2 is 1.61 bits per heavy atom. The predicted molar refractivity (Wildman–Crippen MR) is 148 cm³/mol. The number of nitrogens with one attached hydrogen (secondary N) is 1. The Labute approximate surface area is 217 Å². The van der Waals surface area contributed by atoms with Crippen LogP contribution in [0, 0.1) is 26.7 Å². The molecule has 0 aliphatic rings. The molecule has 3 aromatic carbocycles. The lowest BCUT2D eigenvalue weighted by atomic mass is 9.93. The van der Waals surface area contributed by atoms with Crippen LogP contribution in [0.15, 0.2) is 54.6 Å². The molecule has 0 saturated heterocycles. The van der Waals surface area contributed by atoms with E-state index in [0.717, 1.165) is 47.1 Å². The lowest BCUT2D eigenvalue weighted by molar-refractivity contribution is 0.0930. The normalized spacial score (nSPS) is 11.9. The van der Waals surface area contributed by atoms with Crippen molar-refractivity contribution in [2.75, 3.05) is 7.11 Å². The molecule has 3 aromatic rings. The zero-order chi connectivity index (χ0) is 26.2. The highest BCUT2D eigenvalue weighted by atomic mass is 16.5. The van der Waals surface area contributed by atoms with Crippen LogP contribution in [0.2, 0.25) is 0 Å². The molecule has 0 bridgehead atoms. The Morgan fingerprint density at radius 1 is 0.889 bits per heavy atom. The van der Waals surface area contributed by atoms with Crippen LogP contribution in [0.1, 0.15) is 83.4 Å². The summed E-state index contributed by atoms with van der Waals surface area (Å²) in [5.41, 5.74) is 7.44.